The molecule has 0 heterocycles. The molecule has 2 aromatic rings. The summed E-state index contributed by atoms with van der Waals surface area (Å²) >= 11 is 0. The largest absolute Gasteiger partial charge is 0.270 e. The van der Waals surface area contributed by atoms with Crippen molar-refractivity contribution < 1.29 is 19.4 Å². The number of carbonyl (C=O) groups excluding carboxylic acids is 2. The van der Waals surface area contributed by atoms with E-state index in [0.717, 1.165) is 12.1 Å². The number of benzene rings is 2. The highest BCUT2D eigenvalue weighted by molar-refractivity contribution is 5.98. The van der Waals surface area contributed by atoms with Gasteiger partial charge in [0, 0.05) is 35.9 Å². The van der Waals surface area contributed by atoms with Gasteiger partial charge in [-0.2, -0.15) is 0 Å². The Morgan fingerprint density at radius 1 is 0.885 bits per heavy atom. The fraction of sp³-hybridized carbons (Fsp3) is 0. The van der Waals surface area contributed by atoms with Crippen molar-refractivity contribution >= 4 is 29.3 Å². The third kappa shape index (κ3) is 4.96. The first-order valence-electron chi connectivity index (χ1n) is 7.14. The first kappa shape index (κ1) is 18.3. The van der Waals surface area contributed by atoms with E-state index in [1.165, 1.54) is 48.5 Å². The predicted octanol–water partition coefficient (Wildman–Crippen LogP) is 1.98. The fourth-order valence-corrected chi connectivity index (χ4v) is 1.87. The zero-order chi connectivity index (χ0) is 19.1. The Morgan fingerprint density at radius 3 is 2.15 bits per heavy atom. The molecule has 0 aliphatic rings. The number of nitro benzene ring substituents is 2. The van der Waals surface area contributed by atoms with E-state index in [9.17, 15) is 29.8 Å². The summed E-state index contributed by atoms with van der Waals surface area (Å²) in [4.78, 5) is 43.6. The molecule has 2 amide bonds. The minimum Gasteiger partial charge on any atom is -0.268 e. The molecule has 2 N–H and O–H groups in total. The number of nitro groups is 2. The Balaban J connectivity index is 1.91. The van der Waals surface area contributed by atoms with Crippen LogP contribution in [-0.4, -0.2) is 21.7 Å². The maximum absolute atomic E-state index is 11.9. The van der Waals surface area contributed by atoms with Crippen LogP contribution >= 0.6 is 0 Å². The number of nitrogens with one attached hydrogen (secondary N) is 2. The van der Waals surface area contributed by atoms with Crippen LogP contribution in [0.25, 0.3) is 6.08 Å². The Morgan fingerprint density at radius 2 is 1.54 bits per heavy atom. The van der Waals surface area contributed by atoms with Crippen molar-refractivity contribution in [3.8, 4) is 0 Å². The number of nitrogens with zero attached hydrogens (tertiary/aromatic N) is 2. The summed E-state index contributed by atoms with van der Waals surface area (Å²) in [7, 11) is 0. The molecular weight excluding hydrogens is 344 g/mol. The molecule has 0 atom stereocenters. The van der Waals surface area contributed by atoms with Crippen LogP contribution in [0.1, 0.15) is 15.9 Å². The topological polar surface area (TPSA) is 144 Å². The van der Waals surface area contributed by atoms with Crippen molar-refractivity contribution in [1.82, 2.24) is 10.9 Å². The Bertz CT molecular complexity index is 892. The number of rotatable bonds is 5. The average molecular weight is 356 g/mol. The van der Waals surface area contributed by atoms with E-state index in [1.807, 2.05) is 0 Å². The summed E-state index contributed by atoms with van der Waals surface area (Å²) in [6.07, 6.45) is 2.52. The third-order valence-electron chi connectivity index (χ3n) is 3.15. The van der Waals surface area contributed by atoms with Crippen LogP contribution in [0.4, 0.5) is 11.4 Å². The van der Waals surface area contributed by atoms with Crippen molar-refractivity contribution in [2.24, 2.45) is 0 Å². The number of carbonyl (C=O) groups is 2. The van der Waals surface area contributed by atoms with E-state index in [1.54, 1.807) is 0 Å². The molecule has 10 heteroatoms. The van der Waals surface area contributed by atoms with E-state index in [0.29, 0.717) is 5.56 Å². The summed E-state index contributed by atoms with van der Waals surface area (Å²) < 4.78 is 0. The van der Waals surface area contributed by atoms with Gasteiger partial charge in [0.05, 0.1) is 9.85 Å². The van der Waals surface area contributed by atoms with Gasteiger partial charge in [0.15, 0.2) is 0 Å². The molecule has 0 aromatic heterocycles. The second-order valence-electron chi connectivity index (χ2n) is 4.93. The van der Waals surface area contributed by atoms with Crippen LogP contribution in [-0.2, 0) is 4.79 Å². The molecule has 0 fully saturated rings. The number of hydrogen-bond donors (Lipinski definition) is 2. The number of non-ortho nitro benzene ring substituents is 2. The van der Waals surface area contributed by atoms with Crippen LogP contribution < -0.4 is 10.9 Å². The molecule has 0 unspecified atom stereocenters. The van der Waals surface area contributed by atoms with E-state index in [2.05, 4.69) is 10.9 Å². The van der Waals surface area contributed by atoms with Gasteiger partial charge in [-0.05, 0) is 29.8 Å². The van der Waals surface area contributed by atoms with Gasteiger partial charge in [-0.15, -0.1) is 0 Å². The summed E-state index contributed by atoms with van der Waals surface area (Å²) in [6.45, 7) is 0. The van der Waals surface area contributed by atoms with E-state index in [4.69, 9.17) is 0 Å². The van der Waals surface area contributed by atoms with Crippen LogP contribution in [0, 0.1) is 20.2 Å². The van der Waals surface area contributed by atoms with Gasteiger partial charge < -0.3 is 0 Å². The van der Waals surface area contributed by atoms with Gasteiger partial charge in [0.2, 0.25) is 0 Å². The van der Waals surface area contributed by atoms with Crippen LogP contribution in [0.2, 0.25) is 0 Å². The minimum atomic E-state index is -0.717. The zero-order valence-corrected chi connectivity index (χ0v) is 13.1. The molecule has 0 saturated heterocycles. The lowest BCUT2D eigenvalue weighted by Gasteiger charge is -2.05. The lowest BCUT2D eigenvalue weighted by atomic mass is 10.2. The highest BCUT2D eigenvalue weighted by Gasteiger charge is 2.11. The van der Waals surface area contributed by atoms with E-state index < -0.39 is 21.7 Å². The van der Waals surface area contributed by atoms with E-state index >= 15 is 0 Å². The lowest BCUT2D eigenvalue weighted by Crippen LogP contribution is -2.40. The van der Waals surface area contributed by atoms with Crippen molar-refractivity contribution in [3.63, 3.8) is 0 Å². The first-order valence-corrected chi connectivity index (χ1v) is 7.14. The molecule has 0 radical (unpaired) electrons. The maximum Gasteiger partial charge on any atom is 0.270 e. The second kappa shape index (κ2) is 8.15. The zero-order valence-electron chi connectivity index (χ0n) is 13.1. The number of hydrogen-bond acceptors (Lipinski definition) is 6. The highest BCUT2D eigenvalue weighted by atomic mass is 16.6. The number of amides is 2. The molecule has 0 aliphatic heterocycles. The van der Waals surface area contributed by atoms with Crippen molar-refractivity contribution in [2.45, 2.75) is 0 Å². The van der Waals surface area contributed by atoms with Crippen molar-refractivity contribution in [3.05, 3.63) is 86.0 Å². The van der Waals surface area contributed by atoms with Gasteiger partial charge in [-0.1, -0.05) is 6.07 Å². The summed E-state index contributed by atoms with van der Waals surface area (Å²) in [6, 6.07) is 10.5. The Hall–Kier alpha value is -4.08. The van der Waals surface area contributed by atoms with Gasteiger partial charge in [-0.25, -0.2) is 0 Å². The molecule has 26 heavy (non-hydrogen) atoms. The van der Waals surface area contributed by atoms with Crippen LogP contribution in [0.3, 0.4) is 0 Å². The second-order valence-corrected chi connectivity index (χ2v) is 4.93. The summed E-state index contributed by atoms with van der Waals surface area (Å²) in [5.74, 6) is -1.37. The SMILES string of the molecule is O=C(/C=C/c1ccc([N+](=O)[O-])cc1)NNC(=O)c1cccc([N+](=O)[O-])c1. The van der Waals surface area contributed by atoms with Crippen LogP contribution in [0.15, 0.2) is 54.6 Å². The molecule has 10 nitrogen and oxygen atoms in total. The molecule has 0 bridgehead atoms. The monoisotopic (exact) mass is 356 g/mol. The molecule has 2 rings (SSSR count). The highest BCUT2D eigenvalue weighted by Crippen LogP contribution is 2.13. The van der Waals surface area contributed by atoms with Crippen molar-refractivity contribution in [2.75, 3.05) is 0 Å². The molecule has 0 saturated carbocycles. The molecule has 0 spiro atoms. The van der Waals surface area contributed by atoms with Crippen molar-refractivity contribution in [1.29, 1.82) is 0 Å². The first-order chi connectivity index (χ1) is 12.4. The molecule has 2 aromatic carbocycles. The summed E-state index contributed by atoms with van der Waals surface area (Å²) in [5.41, 5.74) is 4.49. The quantitative estimate of drug-likeness (QED) is 0.476. The third-order valence-corrected chi connectivity index (χ3v) is 3.15. The fourth-order valence-electron chi connectivity index (χ4n) is 1.87. The smallest absolute Gasteiger partial charge is 0.268 e. The molecule has 132 valence electrons. The van der Waals surface area contributed by atoms with Gasteiger partial charge >= 0.3 is 0 Å². The predicted molar refractivity (Wildman–Crippen MR) is 90.8 cm³/mol. The summed E-state index contributed by atoms with van der Waals surface area (Å²) in [5, 5.41) is 21.2. The van der Waals surface area contributed by atoms with Gasteiger partial charge in [0.25, 0.3) is 23.2 Å². The lowest BCUT2D eigenvalue weighted by molar-refractivity contribution is -0.385. The Labute approximate surface area is 146 Å². The standard InChI is InChI=1S/C16H12N4O6/c21-15(9-6-11-4-7-13(8-5-11)19(23)24)17-18-16(22)12-2-1-3-14(10-12)20(25)26/h1-10H,(H,17,21)(H,18,22)/b9-6+. The average Bonchev–Trinajstić information content (AvgIpc) is 2.64. The minimum absolute atomic E-state index is 0.0128. The van der Waals surface area contributed by atoms with Gasteiger partial charge in [0.1, 0.15) is 0 Å². The molecule has 0 aliphatic carbocycles. The normalized spacial score (nSPS) is 10.3. The van der Waals surface area contributed by atoms with Gasteiger partial charge in [-0.3, -0.25) is 40.7 Å². The molecular formula is C16H12N4O6. The van der Waals surface area contributed by atoms with Crippen LogP contribution in [0.5, 0.6) is 0 Å². The Kier molecular flexibility index (Phi) is 5.72. The number of hydrazine groups is 1. The maximum atomic E-state index is 11.9. The van der Waals surface area contributed by atoms with E-state index in [-0.39, 0.29) is 16.9 Å².